The van der Waals surface area contributed by atoms with E-state index in [9.17, 15) is 4.79 Å². The van der Waals surface area contributed by atoms with Gasteiger partial charge in [-0.2, -0.15) is 0 Å². The lowest BCUT2D eigenvalue weighted by atomic mass is 10.1. The van der Waals surface area contributed by atoms with Crippen molar-refractivity contribution < 1.29 is 9.53 Å². The van der Waals surface area contributed by atoms with E-state index in [2.05, 4.69) is 5.32 Å². The lowest BCUT2D eigenvalue weighted by Gasteiger charge is -2.19. The first-order valence-corrected chi connectivity index (χ1v) is 6.32. The number of nitrogen functional groups attached to an aromatic ring is 1. The molecule has 0 heterocycles. The Labute approximate surface area is 114 Å². The zero-order valence-electron chi connectivity index (χ0n) is 12.1. The van der Waals surface area contributed by atoms with E-state index in [1.54, 1.807) is 44.3 Å². The fourth-order valence-electron chi connectivity index (χ4n) is 1.74. The number of nitrogens with zero attached hydrogens (tertiary/aromatic N) is 1. The van der Waals surface area contributed by atoms with E-state index in [4.69, 9.17) is 10.5 Å². The Morgan fingerprint density at radius 1 is 1.47 bits per heavy atom. The number of hydrogen-bond donors (Lipinski definition) is 2. The molecule has 1 rings (SSSR count). The van der Waals surface area contributed by atoms with Gasteiger partial charge in [-0.1, -0.05) is 0 Å². The van der Waals surface area contributed by atoms with Gasteiger partial charge in [0.2, 0.25) is 0 Å². The summed E-state index contributed by atoms with van der Waals surface area (Å²) in [5, 5.41) is 3.31. The van der Waals surface area contributed by atoms with Crippen LogP contribution in [0.3, 0.4) is 0 Å². The van der Waals surface area contributed by atoms with Crippen molar-refractivity contribution >= 4 is 17.3 Å². The van der Waals surface area contributed by atoms with Crippen molar-refractivity contribution in [3.05, 3.63) is 23.8 Å². The van der Waals surface area contributed by atoms with Crippen molar-refractivity contribution in [2.75, 3.05) is 38.9 Å². The number of carbonyl (C=O) groups excluding carboxylic acids is 1. The fourth-order valence-corrected chi connectivity index (χ4v) is 1.74. The topological polar surface area (TPSA) is 67.6 Å². The van der Waals surface area contributed by atoms with Crippen LogP contribution in [0.1, 0.15) is 23.7 Å². The Morgan fingerprint density at radius 2 is 2.16 bits per heavy atom. The van der Waals surface area contributed by atoms with E-state index in [1.165, 1.54) is 0 Å². The second-order valence-electron chi connectivity index (χ2n) is 4.83. The molecule has 1 amide bonds. The van der Waals surface area contributed by atoms with Crippen molar-refractivity contribution in [1.29, 1.82) is 0 Å². The summed E-state index contributed by atoms with van der Waals surface area (Å²) in [4.78, 5) is 13.6. The number of methoxy groups -OCH3 is 1. The van der Waals surface area contributed by atoms with Gasteiger partial charge in [0.25, 0.3) is 5.91 Å². The van der Waals surface area contributed by atoms with Gasteiger partial charge in [-0.15, -0.1) is 0 Å². The predicted molar refractivity (Wildman–Crippen MR) is 78.4 cm³/mol. The van der Waals surface area contributed by atoms with Crippen LogP contribution in [-0.2, 0) is 4.74 Å². The Bertz CT molecular complexity index is 433. The van der Waals surface area contributed by atoms with Crippen LogP contribution < -0.4 is 11.1 Å². The summed E-state index contributed by atoms with van der Waals surface area (Å²) in [6, 6.07) is 5.49. The second kappa shape index (κ2) is 6.99. The molecule has 0 saturated carbocycles. The maximum atomic E-state index is 12.1. The molecule has 106 valence electrons. The van der Waals surface area contributed by atoms with Crippen LogP contribution in [0.15, 0.2) is 18.2 Å². The fraction of sp³-hybridized carbons (Fsp3) is 0.500. The minimum atomic E-state index is -0.0403. The summed E-state index contributed by atoms with van der Waals surface area (Å²) in [5.41, 5.74) is 7.82. The maximum Gasteiger partial charge on any atom is 0.255 e. The molecule has 1 atom stereocenters. The highest BCUT2D eigenvalue weighted by atomic mass is 16.5. The van der Waals surface area contributed by atoms with Gasteiger partial charge in [-0.3, -0.25) is 4.79 Å². The number of benzene rings is 1. The summed E-state index contributed by atoms with van der Waals surface area (Å²) >= 11 is 0. The molecule has 0 saturated heterocycles. The lowest BCUT2D eigenvalue weighted by Crippen LogP contribution is -2.25. The highest BCUT2D eigenvalue weighted by Gasteiger charge is 2.15. The minimum absolute atomic E-state index is 0.0403. The smallest absolute Gasteiger partial charge is 0.255 e. The van der Waals surface area contributed by atoms with Crippen molar-refractivity contribution in [1.82, 2.24) is 4.90 Å². The Kier molecular flexibility index (Phi) is 5.63. The number of rotatable bonds is 6. The SMILES string of the molecule is COCCC(C)Nc1cc(N)ccc1C(=O)N(C)C. The van der Waals surface area contributed by atoms with Gasteiger partial charge in [0.15, 0.2) is 0 Å². The van der Waals surface area contributed by atoms with Crippen molar-refractivity contribution in [2.45, 2.75) is 19.4 Å². The lowest BCUT2D eigenvalue weighted by molar-refractivity contribution is 0.0828. The molecule has 0 fully saturated rings. The van der Waals surface area contributed by atoms with Crippen molar-refractivity contribution in [3.63, 3.8) is 0 Å². The van der Waals surface area contributed by atoms with E-state index < -0.39 is 0 Å². The van der Waals surface area contributed by atoms with Crippen LogP contribution in [0, 0.1) is 0 Å². The number of ether oxygens (including phenoxy) is 1. The molecule has 0 spiro atoms. The van der Waals surface area contributed by atoms with Crippen molar-refractivity contribution in [3.8, 4) is 0 Å². The third kappa shape index (κ3) is 4.44. The first-order chi connectivity index (χ1) is 8.95. The van der Waals surface area contributed by atoms with Gasteiger partial charge < -0.3 is 20.7 Å². The van der Waals surface area contributed by atoms with Gasteiger partial charge >= 0.3 is 0 Å². The summed E-state index contributed by atoms with van der Waals surface area (Å²) in [7, 11) is 5.14. The number of hydrogen-bond acceptors (Lipinski definition) is 4. The molecule has 1 unspecified atom stereocenters. The van der Waals surface area contributed by atoms with E-state index >= 15 is 0 Å². The average molecular weight is 265 g/mol. The first kappa shape index (κ1) is 15.3. The van der Waals surface area contributed by atoms with E-state index in [0.717, 1.165) is 12.1 Å². The van der Waals surface area contributed by atoms with Gasteiger partial charge in [-0.25, -0.2) is 0 Å². The molecule has 0 aliphatic heterocycles. The Morgan fingerprint density at radius 3 is 2.74 bits per heavy atom. The number of nitrogens with one attached hydrogen (secondary N) is 1. The highest BCUT2D eigenvalue weighted by Crippen LogP contribution is 2.21. The van der Waals surface area contributed by atoms with Gasteiger partial charge in [0.05, 0.1) is 5.56 Å². The van der Waals surface area contributed by atoms with E-state index in [1.807, 2.05) is 6.92 Å². The van der Waals surface area contributed by atoms with Crippen LogP contribution >= 0.6 is 0 Å². The van der Waals surface area contributed by atoms with Crippen LogP contribution in [0.5, 0.6) is 0 Å². The Balaban J connectivity index is 2.91. The van der Waals surface area contributed by atoms with Crippen LogP contribution in [0.2, 0.25) is 0 Å². The molecule has 0 bridgehead atoms. The zero-order valence-corrected chi connectivity index (χ0v) is 12.1. The molecular weight excluding hydrogens is 242 g/mol. The molecule has 1 aromatic carbocycles. The molecular formula is C14H23N3O2. The normalized spacial score (nSPS) is 12.0. The standard InChI is InChI=1S/C14H23N3O2/c1-10(7-8-19-4)16-13-9-11(15)5-6-12(13)14(18)17(2)3/h5-6,9-10,16H,7-8,15H2,1-4H3. The summed E-state index contributed by atoms with van der Waals surface area (Å²) in [6.45, 7) is 2.72. The molecule has 19 heavy (non-hydrogen) atoms. The second-order valence-corrected chi connectivity index (χ2v) is 4.83. The Hall–Kier alpha value is -1.75. The summed E-state index contributed by atoms with van der Waals surface area (Å²) in [5.74, 6) is -0.0403. The molecule has 0 aliphatic rings. The van der Waals surface area contributed by atoms with Crippen LogP contribution in [0.25, 0.3) is 0 Å². The minimum Gasteiger partial charge on any atom is -0.399 e. The first-order valence-electron chi connectivity index (χ1n) is 6.32. The highest BCUT2D eigenvalue weighted by molar-refractivity contribution is 6.00. The zero-order chi connectivity index (χ0) is 14.4. The monoisotopic (exact) mass is 265 g/mol. The quantitative estimate of drug-likeness (QED) is 0.770. The molecule has 0 aliphatic carbocycles. The van der Waals surface area contributed by atoms with Gasteiger partial charge in [-0.05, 0) is 31.5 Å². The van der Waals surface area contributed by atoms with Crippen LogP contribution in [0.4, 0.5) is 11.4 Å². The predicted octanol–water partition coefficient (Wildman–Crippen LogP) is 1.81. The van der Waals surface area contributed by atoms with Gasteiger partial charge in [0.1, 0.15) is 0 Å². The van der Waals surface area contributed by atoms with Gasteiger partial charge in [0, 0.05) is 45.2 Å². The number of anilines is 2. The third-order valence-electron chi connectivity index (χ3n) is 2.84. The molecule has 5 nitrogen and oxygen atoms in total. The summed E-state index contributed by atoms with van der Waals surface area (Å²) < 4.78 is 5.05. The molecule has 0 radical (unpaired) electrons. The molecule has 3 N–H and O–H groups in total. The number of nitrogens with two attached hydrogens (primary N) is 1. The van der Waals surface area contributed by atoms with Crippen molar-refractivity contribution in [2.24, 2.45) is 0 Å². The molecule has 1 aromatic rings. The largest absolute Gasteiger partial charge is 0.399 e. The van der Waals surface area contributed by atoms with E-state index in [0.29, 0.717) is 17.9 Å². The maximum absolute atomic E-state index is 12.1. The summed E-state index contributed by atoms with van der Waals surface area (Å²) in [6.07, 6.45) is 0.862. The average Bonchev–Trinajstić information content (AvgIpc) is 2.35. The number of amides is 1. The third-order valence-corrected chi connectivity index (χ3v) is 2.84. The number of carbonyl (C=O) groups is 1. The molecule has 5 heteroatoms. The molecule has 0 aromatic heterocycles. The van der Waals surface area contributed by atoms with E-state index in [-0.39, 0.29) is 11.9 Å². The van der Waals surface area contributed by atoms with Crippen LogP contribution in [-0.4, -0.2) is 44.7 Å².